The molecule has 0 atom stereocenters. The second-order valence-electron chi connectivity index (χ2n) is 15.9. The number of hydrogen-bond acceptors (Lipinski definition) is 3. The predicted octanol–water partition coefficient (Wildman–Crippen LogP) is 9.18. The highest BCUT2D eigenvalue weighted by Gasteiger charge is 2.42. The van der Waals surface area contributed by atoms with E-state index in [1.807, 2.05) is 6.20 Å². The highest BCUT2D eigenvalue weighted by Crippen LogP contribution is 2.41. The molecule has 6 aromatic carbocycles. The lowest BCUT2D eigenvalue weighted by Crippen LogP contribution is -2.74. The quantitative estimate of drug-likeness (QED) is 0.121. The highest BCUT2D eigenvalue weighted by atomic mass is 28.3. The topological polar surface area (TPSA) is 24.3 Å². The summed E-state index contributed by atoms with van der Waals surface area (Å²) in [5, 5.41) is 7.87. The molecule has 8 aromatic rings. The summed E-state index contributed by atoms with van der Waals surface area (Å²) >= 11 is 0. The molecule has 0 aliphatic carbocycles. The lowest BCUT2D eigenvalue weighted by molar-refractivity contribution is 0.588. The van der Waals surface area contributed by atoms with Crippen molar-refractivity contribution in [3.63, 3.8) is 0 Å². The highest BCUT2D eigenvalue weighted by molar-refractivity contribution is 7.20. The van der Waals surface area contributed by atoms with Gasteiger partial charge in [-0.2, -0.15) is 0 Å². The molecule has 0 radical (unpaired) electrons. The molecule has 4 nitrogen and oxygen atoms in total. The van der Waals surface area contributed by atoms with E-state index in [0.29, 0.717) is 6.04 Å². The van der Waals surface area contributed by atoms with Crippen molar-refractivity contribution in [2.45, 2.75) is 46.1 Å². The Morgan fingerprint density at radius 1 is 0.556 bits per heavy atom. The number of pyridine rings is 1. The van der Waals surface area contributed by atoms with Gasteiger partial charge in [0.1, 0.15) is 5.82 Å². The van der Waals surface area contributed by atoms with Crippen LogP contribution < -0.4 is 30.5 Å². The van der Waals surface area contributed by atoms with Gasteiger partial charge in [-0.15, -0.1) is 0 Å². The molecule has 0 saturated carbocycles. The Bertz CT molecular complexity index is 2580. The Balaban J connectivity index is 1.33. The molecule has 2 aromatic heterocycles. The number of para-hydroxylation sites is 3. The normalized spacial score (nSPS) is 13.3. The van der Waals surface area contributed by atoms with Crippen LogP contribution in [0.3, 0.4) is 0 Å². The van der Waals surface area contributed by atoms with E-state index in [1.165, 1.54) is 65.2 Å². The maximum absolute atomic E-state index is 5.02. The molecule has 0 unspecified atom stereocenters. The summed E-state index contributed by atoms with van der Waals surface area (Å²) in [5.41, 5.74) is 7.36. The molecule has 9 rings (SSSR count). The molecule has 1 aliphatic heterocycles. The average molecular weight is 719 g/mol. The zero-order valence-electron chi connectivity index (χ0n) is 31.7. The number of anilines is 3. The maximum Gasteiger partial charge on any atom is 0.179 e. The Hall–Kier alpha value is -5.91. The first-order valence-corrected chi connectivity index (χ1v) is 21.1. The number of benzene rings is 6. The Labute approximate surface area is 320 Å². The SMILES string of the molecule is CC(C)N1CN(c2cccc([Si](c3ccccc3)(c3ccccc3)c3ccc4c5ccccc5n(-c5cc(C(C)(C)C)ccn5)c4c3)c2)c2ccccc21. The van der Waals surface area contributed by atoms with Crippen molar-refractivity contribution in [2.24, 2.45) is 0 Å². The second kappa shape index (κ2) is 13.2. The fourth-order valence-corrected chi connectivity index (χ4v) is 13.4. The van der Waals surface area contributed by atoms with Gasteiger partial charge < -0.3 is 9.80 Å². The van der Waals surface area contributed by atoms with Crippen molar-refractivity contribution in [3.8, 4) is 5.82 Å². The fraction of sp³-hybridized carbons (Fsp3) is 0.163. The third kappa shape index (κ3) is 5.45. The van der Waals surface area contributed by atoms with Gasteiger partial charge in [-0.25, -0.2) is 4.98 Å². The predicted molar refractivity (Wildman–Crippen MR) is 232 cm³/mol. The van der Waals surface area contributed by atoms with Crippen LogP contribution in [0, 0.1) is 0 Å². The average Bonchev–Trinajstić information content (AvgIpc) is 3.76. The van der Waals surface area contributed by atoms with Crippen molar-refractivity contribution < 1.29 is 0 Å². The second-order valence-corrected chi connectivity index (χ2v) is 19.7. The van der Waals surface area contributed by atoms with E-state index in [2.05, 4.69) is 213 Å². The molecule has 266 valence electrons. The van der Waals surface area contributed by atoms with Gasteiger partial charge in [0.2, 0.25) is 0 Å². The largest absolute Gasteiger partial charge is 0.349 e. The number of hydrogen-bond donors (Lipinski definition) is 0. The number of rotatable bonds is 7. The first kappa shape index (κ1) is 33.9. The molecule has 1 aliphatic rings. The lowest BCUT2D eigenvalue weighted by Gasteiger charge is -2.35. The minimum Gasteiger partial charge on any atom is -0.349 e. The molecule has 0 bridgehead atoms. The van der Waals surface area contributed by atoms with Crippen LogP contribution in [-0.2, 0) is 5.41 Å². The van der Waals surface area contributed by atoms with Crippen LogP contribution >= 0.6 is 0 Å². The molecular formula is C49H46N4Si. The molecule has 0 spiro atoms. The van der Waals surface area contributed by atoms with E-state index < -0.39 is 8.07 Å². The smallest absolute Gasteiger partial charge is 0.179 e. The van der Waals surface area contributed by atoms with Crippen LogP contribution in [0.25, 0.3) is 27.6 Å². The summed E-state index contributed by atoms with van der Waals surface area (Å²) in [6.07, 6.45) is 1.97. The molecule has 0 fully saturated rings. The molecule has 0 N–H and O–H groups in total. The number of fused-ring (bicyclic) bond motifs is 4. The number of nitrogens with zero attached hydrogens (tertiary/aromatic N) is 4. The Morgan fingerprint density at radius 3 is 1.87 bits per heavy atom. The van der Waals surface area contributed by atoms with Crippen LogP contribution in [0.1, 0.15) is 40.2 Å². The van der Waals surface area contributed by atoms with Crippen LogP contribution in [0.4, 0.5) is 17.1 Å². The van der Waals surface area contributed by atoms with E-state index in [0.717, 1.165) is 12.5 Å². The van der Waals surface area contributed by atoms with Crippen LogP contribution in [0.2, 0.25) is 0 Å². The van der Waals surface area contributed by atoms with Gasteiger partial charge in [0, 0.05) is 28.7 Å². The van der Waals surface area contributed by atoms with Crippen molar-refractivity contribution in [1.82, 2.24) is 9.55 Å². The van der Waals surface area contributed by atoms with E-state index in [1.54, 1.807) is 0 Å². The molecule has 0 amide bonds. The van der Waals surface area contributed by atoms with Crippen LogP contribution in [0.5, 0.6) is 0 Å². The van der Waals surface area contributed by atoms with E-state index >= 15 is 0 Å². The van der Waals surface area contributed by atoms with Gasteiger partial charge in [0.05, 0.1) is 29.1 Å². The summed E-state index contributed by atoms with van der Waals surface area (Å²) < 4.78 is 2.39. The summed E-state index contributed by atoms with van der Waals surface area (Å²) in [6, 6.07) is 61.6. The lowest BCUT2D eigenvalue weighted by atomic mass is 9.88. The minimum atomic E-state index is -2.92. The van der Waals surface area contributed by atoms with Gasteiger partial charge >= 0.3 is 0 Å². The zero-order valence-corrected chi connectivity index (χ0v) is 32.7. The van der Waals surface area contributed by atoms with Crippen molar-refractivity contribution >= 4 is 67.7 Å². The van der Waals surface area contributed by atoms with Crippen molar-refractivity contribution in [3.05, 3.63) is 176 Å². The molecule has 0 saturated heterocycles. The first-order chi connectivity index (χ1) is 26.2. The summed E-state index contributed by atoms with van der Waals surface area (Å²) in [5.74, 6) is 0.946. The summed E-state index contributed by atoms with van der Waals surface area (Å²) in [4.78, 5) is 10.0. The van der Waals surface area contributed by atoms with Gasteiger partial charge in [-0.1, -0.05) is 136 Å². The molecule has 3 heterocycles. The number of aromatic nitrogens is 2. The van der Waals surface area contributed by atoms with Crippen LogP contribution in [-0.4, -0.2) is 30.3 Å². The summed E-state index contributed by atoms with van der Waals surface area (Å²) in [6.45, 7) is 12.2. The van der Waals surface area contributed by atoms with Crippen molar-refractivity contribution in [2.75, 3.05) is 16.5 Å². The maximum atomic E-state index is 5.02. The van der Waals surface area contributed by atoms with Gasteiger partial charge in [0.25, 0.3) is 0 Å². The Kier molecular flexibility index (Phi) is 8.28. The van der Waals surface area contributed by atoms with E-state index in [-0.39, 0.29) is 5.41 Å². The molecule has 5 heteroatoms. The molecule has 54 heavy (non-hydrogen) atoms. The fourth-order valence-electron chi connectivity index (χ4n) is 8.64. The Morgan fingerprint density at radius 2 is 1.17 bits per heavy atom. The van der Waals surface area contributed by atoms with Crippen molar-refractivity contribution in [1.29, 1.82) is 0 Å². The van der Waals surface area contributed by atoms with Gasteiger partial charge in [0.15, 0.2) is 8.07 Å². The first-order valence-electron chi connectivity index (χ1n) is 19.1. The van der Waals surface area contributed by atoms with Crippen LogP contribution in [0.15, 0.2) is 170 Å². The standard InChI is InChI=1S/C49H46N4Si/c1-35(2)51-34-52(46-26-15-14-25-45(46)51)37-17-16-22-40(32-37)54(38-18-8-6-9-19-38,39-20-10-7-11-21-39)41-27-28-43-42-23-12-13-24-44(42)53(47(43)33-41)48-31-36(29-30-50-48)49(3,4)5/h6-33,35H,34H2,1-5H3. The van der Waals surface area contributed by atoms with E-state index in [9.17, 15) is 0 Å². The third-order valence-corrected chi connectivity index (χ3v) is 16.1. The van der Waals surface area contributed by atoms with E-state index in [4.69, 9.17) is 4.98 Å². The summed E-state index contributed by atoms with van der Waals surface area (Å²) in [7, 11) is -2.92. The molecular weight excluding hydrogens is 673 g/mol. The zero-order chi connectivity index (χ0) is 37.0. The van der Waals surface area contributed by atoms with Gasteiger partial charge in [-0.3, -0.25) is 4.57 Å². The van der Waals surface area contributed by atoms with Gasteiger partial charge in [-0.05, 0) is 94.1 Å². The minimum absolute atomic E-state index is 0.00261. The monoisotopic (exact) mass is 718 g/mol. The third-order valence-electron chi connectivity index (χ3n) is 11.4.